The first-order chi connectivity index (χ1) is 8.67. The molecule has 1 N–H and O–H groups in total. The van der Waals surface area contributed by atoms with Crippen LogP contribution >= 0.6 is 54.5 Å². The van der Waals surface area contributed by atoms with E-state index >= 15 is 0 Å². The number of rotatable bonds is 5. The lowest BCUT2D eigenvalue weighted by Crippen LogP contribution is -2.21. The molecule has 98 valence electrons. The fraction of sp³-hybridized carbons (Fsp3) is 0.385. The fourth-order valence-corrected chi connectivity index (χ4v) is 5.98. The Balaban J connectivity index is 2.42. The van der Waals surface area contributed by atoms with E-state index in [-0.39, 0.29) is 0 Å². The Morgan fingerprint density at radius 1 is 1.33 bits per heavy atom. The van der Waals surface area contributed by atoms with Gasteiger partial charge in [0, 0.05) is 10.4 Å². The van der Waals surface area contributed by atoms with Gasteiger partial charge in [0.05, 0.1) is 13.6 Å². The molecule has 0 amide bonds. The van der Waals surface area contributed by atoms with Crippen LogP contribution in [0, 0.1) is 0 Å². The number of hydrogen-bond acceptors (Lipinski definition) is 3. The minimum atomic E-state index is 0.293. The van der Waals surface area contributed by atoms with Crippen molar-refractivity contribution in [2.24, 2.45) is 0 Å². The van der Waals surface area contributed by atoms with Crippen LogP contribution in [0.1, 0.15) is 35.9 Å². The van der Waals surface area contributed by atoms with Gasteiger partial charge in [0.15, 0.2) is 0 Å². The molecule has 2 aromatic heterocycles. The molecule has 18 heavy (non-hydrogen) atoms. The van der Waals surface area contributed by atoms with Crippen molar-refractivity contribution in [1.29, 1.82) is 0 Å². The number of halogens is 2. The van der Waals surface area contributed by atoms with Gasteiger partial charge in [-0.2, -0.15) is 0 Å². The Labute approximate surface area is 133 Å². The van der Waals surface area contributed by atoms with Gasteiger partial charge in [0.1, 0.15) is 0 Å². The van der Waals surface area contributed by atoms with Gasteiger partial charge in [-0.25, -0.2) is 0 Å². The maximum atomic E-state index is 3.67. The second-order valence-corrected chi connectivity index (χ2v) is 8.63. The van der Waals surface area contributed by atoms with E-state index < -0.39 is 0 Å². The largest absolute Gasteiger partial charge is 0.306 e. The zero-order valence-electron chi connectivity index (χ0n) is 10.3. The lowest BCUT2D eigenvalue weighted by Gasteiger charge is -2.18. The van der Waals surface area contributed by atoms with Crippen molar-refractivity contribution in [3.8, 4) is 0 Å². The summed E-state index contributed by atoms with van der Waals surface area (Å²) in [5.41, 5.74) is 2.77. The normalized spacial score (nSPS) is 12.9. The SMILES string of the molecule is CCNC(c1cc(Br)sc1Br)c1sccc1CC. The molecule has 2 heterocycles. The number of hydrogen-bond donors (Lipinski definition) is 1. The molecule has 0 fully saturated rings. The topological polar surface area (TPSA) is 12.0 Å². The summed E-state index contributed by atoms with van der Waals surface area (Å²) in [5, 5.41) is 5.78. The summed E-state index contributed by atoms with van der Waals surface area (Å²) >= 11 is 10.8. The average molecular weight is 409 g/mol. The second-order valence-electron chi connectivity index (χ2n) is 3.93. The predicted molar refractivity (Wildman–Crippen MR) is 88.9 cm³/mol. The molecule has 0 bridgehead atoms. The summed E-state index contributed by atoms with van der Waals surface area (Å²) in [6.07, 6.45) is 1.09. The van der Waals surface area contributed by atoms with Crippen LogP contribution in [-0.4, -0.2) is 6.54 Å². The van der Waals surface area contributed by atoms with E-state index in [0.717, 1.165) is 13.0 Å². The summed E-state index contributed by atoms with van der Waals surface area (Å²) in [6, 6.07) is 4.74. The number of aryl methyl sites for hydroxylation is 1. The third kappa shape index (κ3) is 3.07. The summed E-state index contributed by atoms with van der Waals surface area (Å²) in [5.74, 6) is 0. The zero-order chi connectivity index (χ0) is 13.1. The smallest absolute Gasteiger partial charge is 0.0762 e. The molecule has 1 nitrogen and oxygen atoms in total. The highest BCUT2D eigenvalue weighted by atomic mass is 79.9. The van der Waals surface area contributed by atoms with Crippen molar-refractivity contribution in [2.45, 2.75) is 26.3 Å². The molecule has 0 aliphatic carbocycles. The summed E-state index contributed by atoms with van der Waals surface area (Å²) in [7, 11) is 0. The molecule has 0 saturated heterocycles. The monoisotopic (exact) mass is 407 g/mol. The third-order valence-corrected chi connectivity index (χ3v) is 6.24. The van der Waals surface area contributed by atoms with Gasteiger partial charge in [-0.15, -0.1) is 22.7 Å². The Hall–Kier alpha value is 0.320. The molecule has 0 radical (unpaired) electrons. The molecule has 0 spiro atoms. The zero-order valence-corrected chi connectivity index (χ0v) is 15.1. The van der Waals surface area contributed by atoms with Crippen molar-refractivity contribution < 1.29 is 0 Å². The third-order valence-electron chi connectivity index (χ3n) is 2.83. The van der Waals surface area contributed by atoms with Gasteiger partial charge in [-0.05, 0) is 67.9 Å². The molecule has 0 aliphatic heterocycles. The molecular formula is C13H15Br2NS2. The van der Waals surface area contributed by atoms with Gasteiger partial charge < -0.3 is 5.32 Å². The molecular weight excluding hydrogens is 394 g/mol. The molecule has 1 unspecified atom stereocenters. The van der Waals surface area contributed by atoms with Crippen molar-refractivity contribution in [3.63, 3.8) is 0 Å². The average Bonchev–Trinajstić information content (AvgIpc) is 2.92. The highest BCUT2D eigenvalue weighted by Crippen LogP contribution is 2.40. The maximum Gasteiger partial charge on any atom is 0.0762 e. The molecule has 0 aromatic carbocycles. The maximum absolute atomic E-state index is 3.67. The first-order valence-electron chi connectivity index (χ1n) is 5.91. The van der Waals surface area contributed by atoms with E-state index in [9.17, 15) is 0 Å². The Kier molecular flexibility index (Phi) is 5.45. The van der Waals surface area contributed by atoms with Crippen LogP contribution in [0.3, 0.4) is 0 Å². The molecule has 0 aliphatic rings. The van der Waals surface area contributed by atoms with Crippen LogP contribution in [0.4, 0.5) is 0 Å². The van der Waals surface area contributed by atoms with E-state index in [4.69, 9.17) is 0 Å². The van der Waals surface area contributed by atoms with Crippen LogP contribution in [-0.2, 0) is 6.42 Å². The molecule has 0 saturated carbocycles. The molecule has 1 atom stereocenters. The van der Waals surface area contributed by atoms with Gasteiger partial charge >= 0.3 is 0 Å². The van der Waals surface area contributed by atoms with Gasteiger partial charge in [-0.3, -0.25) is 0 Å². The van der Waals surface area contributed by atoms with Gasteiger partial charge in [0.2, 0.25) is 0 Å². The highest BCUT2D eigenvalue weighted by molar-refractivity contribution is 9.12. The minimum Gasteiger partial charge on any atom is -0.306 e. The molecule has 5 heteroatoms. The van der Waals surface area contributed by atoms with Crippen molar-refractivity contribution in [2.75, 3.05) is 6.54 Å². The minimum absolute atomic E-state index is 0.293. The van der Waals surface area contributed by atoms with E-state index in [1.54, 1.807) is 11.3 Å². The fourth-order valence-electron chi connectivity index (χ4n) is 1.99. The quantitative estimate of drug-likeness (QED) is 0.679. The van der Waals surface area contributed by atoms with Crippen molar-refractivity contribution in [3.05, 3.63) is 41.1 Å². The highest BCUT2D eigenvalue weighted by Gasteiger charge is 2.21. The summed E-state index contributed by atoms with van der Waals surface area (Å²) in [4.78, 5) is 1.44. The standard InChI is InChI=1S/C13H15Br2NS2/c1-3-8-5-6-17-12(8)11(16-4-2)9-7-10(14)18-13(9)15/h5-7,11,16H,3-4H2,1-2H3. The number of nitrogens with one attached hydrogen (secondary N) is 1. The summed E-state index contributed by atoms with van der Waals surface area (Å²) in [6.45, 7) is 5.33. The van der Waals surface area contributed by atoms with Crippen LogP contribution in [0.15, 0.2) is 25.1 Å². The van der Waals surface area contributed by atoms with Gasteiger partial charge in [-0.1, -0.05) is 13.8 Å². The van der Waals surface area contributed by atoms with Crippen LogP contribution in [0.2, 0.25) is 0 Å². The lowest BCUT2D eigenvalue weighted by molar-refractivity contribution is 0.635. The van der Waals surface area contributed by atoms with Crippen LogP contribution in [0.5, 0.6) is 0 Å². The van der Waals surface area contributed by atoms with E-state index in [1.165, 1.54) is 23.6 Å². The first kappa shape index (κ1) is 14.7. The van der Waals surface area contributed by atoms with Gasteiger partial charge in [0.25, 0.3) is 0 Å². The second kappa shape index (κ2) is 6.66. The molecule has 2 rings (SSSR count). The van der Waals surface area contributed by atoms with Crippen molar-refractivity contribution >= 4 is 54.5 Å². The Morgan fingerprint density at radius 3 is 2.67 bits per heavy atom. The Morgan fingerprint density at radius 2 is 2.11 bits per heavy atom. The summed E-state index contributed by atoms with van der Waals surface area (Å²) < 4.78 is 2.37. The van der Waals surface area contributed by atoms with E-state index in [0.29, 0.717) is 6.04 Å². The van der Waals surface area contributed by atoms with Crippen LogP contribution in [0.25, 0.3) is 0 Å². The number of thiophene rings is 2. The van der Waals surface area contributed by atoms with E-state index in [1.807, 2.05) is 11.3 Å². The first-order valence-corrected chi connectivity index (χ1v) is 9.19. The lowest BCUT2D eigenvalue weighted by atomic mass is 10.0. The van der Waals surface area contributed by atoms with E-state index in [2.05, 4.69) is 68.5 Å². The van der Waals surface area contributed by atoms with Crippen molar-refractivity contribution in [1.82, 2.24) is 5.32 Å². The predicted octanol–water partition coefficient (Wildman–Crippen LogP) is 5.60. The molecule has 2 aromatic rings. The van der Waals surface area contributed by atoms with Crippen LogP contribution < -0.4 is 5.32 Å². The Bertz CT molecular complexity index is 519.